The SMILES string of the molecule is CC(C)(C)OC(=O)N1CCC(Cn2ccc(C(N)=O)c2-c2ccccc2)CC1. The van der Waals surface area contributed by atoms with Gasteiger partial charge in [-0.15, -0.1) is 0 Å². The molecule has 2 aromatic rings. The molecule has 2 heterocycles. The fourth-order valence-corrected chi connectivity index (χ4v) is 3.64. The summed E-state index contributed by atoms with van der Waals surface area (Å²) in [6, 6.07) is 11.6. The van der Waals surface area contributed by atoms with Crippen LogP contribution in [0, 0.1) is 5.92 Å². The molecule has 0 saturated carbocycles. The van der Waals surface area contributed by atoms with Crippen LogP contribution in [0.2, 0.25) is 0 Å². The minimum atomic E-state index is -0.477. The van der Waals surface area contributed by atoms with E-state index in [1.165, 1.54) is 0 Å². The molecule has 0 spiro atoms. The molecule has 0 aliphatic carbocycles. The highest BCUT2D eigenvalue weighted by molar-refractivity contribution is 5.99. The lowest BCUT2D eigenvalue weighted by Crippen LogP contribution is -2.42. The monoisotopic (exact) mass is 383 g/mol. The molecule has 150 valence electrons. The fraction of sp³-hybridized carbons (Fsp3) is 0.455. The number of nitrogens with two attached hydrogens (primary N) is 1. The smallest absolute Gasteiger partial charge is 0.410 e. The van der Waals surface area contributed by atoms with E-state index < -0.39 is 11.5 Å². The molecule has 0 radical (unpaired) electrons. The zero-order valence-corrected chi connectivity index (χ0v) is 16.9. The fourth-order valence-electron chi connectivity index (χ4n) is 3.64. The second-order valence-corrected chi connectivity index (χ2v) is 8.37. The van der Waals surface area contributed by atoms with Crippen molar-refractivity contribution in [3.63, 3.8) is 0 Å². The molecule has 6 heteroatoms. The van der Waals surface area contributed by atoms with Gasteiger partial charge in [-0.3, -0.25) is 4.79 Å². The summed E-state index contributed by atoms with van der Waals surface area (Å²) in [5.74, 6) is 0.00613. The molecule has 1 aliphatic heterocycles. The molecule has 0 atom stereocenters. The second kappa shape index (κ2) is 8.09. The Labute approximate surface area is 166 Å². The number of piperidine rings is 1. The normalized spacial score (nSPS) is 15.5. The van der Waals surface area contributed by atoms with Crippen molar-refractivity contribution in [1.82, 2.24) is 9.47 Å². The van der Waals surface area contributed by atoms with Gasteiger partial charge in [-0.2, -0.15) is 0 Å². The van der Waals surface area contributed by atoms with Gasteiger partial charge in [0, 0.05) is 25.8 Å². The maximum Gasteiger partial charge on any atom is 0.410 e. The highest BCUT2D eigenvalue weighted by Crippen LogP contribution is 2.28. The van der Waals surface area contributed by atoms with Crippen molar-refractivity contribution >= 4 is 12.0 Å². The average Bonchev–Trinajstić information content (AvgIpc) is 3.05. The summed E-state index contributed by atoms with van der Waals surface area (Å²) >= 11 is 0. The van der Waals surface area contributed by atoms with Gasteiger partial charge in [-0.1, -0.05) is 30.3 Å². The predicted octanol–water partition coefficient (Wildman–Crippen LogP) is 3.90. The minimum absolute atomic E-state index is 0.243. The molecule has 1 aromatic heterocycles. The van der Waals surface area contributed by atoms with Gasteiger partial charge in [-0.25, -0.2) is 4.79 Å². The largest absolute Gasteiger partial charge is 0.444 e. The number of aromatic nitrogens is 1. The van der Waals surface area contributed by atoms with E-state index in [0.29, 0.717) is 24.6 Å². The molecular formula is C22H29N3O3. The number of hydrogen-bond donors (Lipinski definition) is 1. The molecule has 3 rings (SSSR count). The van der Waals surface area contributed by atoms with E-state index in [-0.39, 0.29) is 6.09 Å². The number of nitrogens with zero attached hydrogens (tertiary/aromatic N) is 2. The highest BCUT2D eigenvalue weighted by atomic mass is 16.6. The minimum Gasteiger partial charge on any atom is -0.444 e. The Kier molecular flexibility index (Phi) is 5.77. The number of hydrogen-bond acceptors (Lipinski definition) is 3. The number of ether oxygens (including phenoxy) is 1. The summed E-state index contributed by atoms with van der Waals surface area (Å²) in [6.07, 6.45) is 3.49. The van der Waals surface area contributed by atoms with Crippen molar-refractivity contribution in [3.05, 3.63) is 48.2 Å². The quantitative estimate of drug-likeness (QED) is 0.870. The summed E-state index contributed by atoms with van der Waals surface area (Å²) in [5.41, 5.74) is 7.49. The van der Waals surface area contributed by atoms with Crippen LogP contribution in [0.5, 0.6) is 0 Å². The van der Waals surface area contributed by atoms with Crippen molar-refractivity contribution in [3.8, 4) is 11.3 Å². The number of primary amides is 1. The molecule has 2 N–H and O–H groups in total. The van der Waals surface area contributed by atoms with Crippen LogP contribution < -0.4 is 5.73 Å². The van der Waals surface area contributed by atoms with E-state index >= 15 is 0 Å². The third kappa shape index (κ3) is 4.74. The number of carbonyl (C=O) groups excluding carboxylic acids is 2. The first-order chi connectivity index (χ1) is 13.2. The Morgan fingerprint density at radius 2 is 1.75 bits per heavy atom. The first-order valence-electron chi connectivity index (χ1n) is 9.77. The number of carbonyl (C=O) groups is 2. The first-order valence-corrected chi connectivity index (χ1v) is 9.77. The zero-order valence-electron chi connectivity index (χ0n) is 16.9. The predicted molar refractivity (Wildman–Crippen MR) is 109 cm³/mol. The average molecular weight is 383 g/mol. The van der Waals surface area contributed by atoms with Crippen molar-refractivity contribution in [1.29, 1.82) is 0 Å². The number of amides is 2. The van der Waals surface area contributed by atoms with Crippen molar-refractivity contribution in [2.45, 2.75) is 45.8 Å². The van der Waals surface area contributed by atoms with Gasteiger partial charge in [0.05, 0.1) is 11.3 Å². The molecule has 1 aliphatic rings. The molecule has 1 saturated heterocycles. The zero-order chi connectivity index (χ0) is 20.3. The van der Waals surface area contributed by atoms with Crippen LogP contribution in [0.15, 0.2) is 42.6 Å². The van der Waals surface area contributed by atoms with E-state index in [1.54, 1.807) is 11.0 Å². The van der Waals surface area contributed by atoms with Gasteiger partial charge >= 0.3 is 6.09 Å². The molecule has 0 unspecified atom stereocenters. The number of likely N-dealkylation sites (tertiary alicyclic amines) is 1. The van der Waals surface area contributed by atoms with E-state index in [0.717, 1.165) is 30.6 Å². The standard InChI is InChI=1S/C22H29N3O3/c1-22(2,3)28-21(27)24-12-9-16(10-13-24)15-25-14-11-18(20(23)26)19(25)17-7-5-4-6-8-17/h4-8,11,14,16H,9-10,12-13,15H2,1-3H3,(H2,23,26). The van der Waals surface area contributed by atoms with Crippen molar-refractivity contribution in [2.24, 2.45) is 11.7 Å². The summed E-state index contributed by atoms with van der Waals surface area (Å²) in [6.45, 7) is 7.80. The van der Waals surface area contributed by atoms with Gasteiger partial charge in [0.25, 0.3) is 5.91 Å². The molecule has 28 heavy (non-hydrogen) atoms. The Hall–Kier alpha value is -2.76. The van der Waals surface area contributed by atoms with Crippen molar-refractivity contribution < 1.29 is 14.3 Å². The lowest BCUT2D eigenvalue weighted by molar-refractivity contribution is 0.0178. The summed E-state index contributed by atoms with van der Waals surface area (Å²) in [7, 11) is 0. The van der Waals surface area contributed by atoms with Crippen LogP contribution >= 0.6 is 0 Å². The molecule has 6 nitrogen and oxygen atoms in total. The van der Waals surface area contributed by atoms with Crippen LogP contribution in [-0.4, -0.2) is 40.2 Å². The van der Waals surface area contributed by atoms with Gasteiger partial charge < -0.3 is 19.9 Å². The van der Waals surface area contributed by atoms with Crippen molar-refractivity contribution in [2.75, 3.05) is 13.1 Å². The Morgan fingerprint density at radius 1 is 1.11 bits per heavy atom. The maximum absolute atomic E-state index is 12.2. The topological polar surface area (TPSA) is 77.6 Å². The van der Waals surface area contributed by atoms with Crippen LogP contribution in [0.4, 0.5) is 4.79 Å². The summed E-state index contributed by atoms with van der Waals surface area (Å²) < 4.78 is 7.58. The van der Waals surface area contributed by atoms with Crippen LogP contribution in [0.1, 0.15) is 44.0 Å². The van der Waals surface area contributed by atoms with Crippen LogP contribution in [0.25, 0.3) is 11.3 Å². The van der Waals surface area contributed by atoms with Gasteiger partial charge in [0.1, 0.15) is 5.60 Å². The summed E-state index contributed by atoms with van der Waals surface area (Å²) in [4.78, 5) is 25.9. The Morgan fingerprint density at radius 3 is 2.32 bits per heavy atom. The van der Waals surface area contributed by atoms with Gasteiger partial charge in [0.15, 0.2) is 0 Å². The lowest BCUT2D eigenvalue weighted by Gasteiger charge is -2.33. The van der Waals surface area contributed by atoms with Gasteiger partial charge in [-0.05, 0) is 51.2 Å². The number of benzene rings is 1. The molecule has 2 amide bonds. The van der Waals surface area contributed by atoms with Gasteiger partial charge in [0.2, 0.25) is 0 Å². The number of rotatable bonds is 4. The third-order valence-electron chi connectivity index (χ3n) is 5.00. The van der Waals surface area contributed by atoms with E-state index in [1.807, 2.05) is 57.3 Å². The first kappa shape index (κ1) is 20.0. The van der Waals surface area contributed by atoms with E-state index in [4.69, 9.17) is 10.5 Å². The van der Waals surface area contributed by atoms with E-state index in [9.17, 15) is 9.59 Å². The Balaban J connectivity index is 1.69. The maximum atomic E-state index is 12.2. The molecular weight excluding hydrogens is 354 g/mol. The molecule has 1 aromatic carbocycles. The highest BCUT2D eigenvalue weighted by Gasteiger charge is 2.27. The van der Waals surface area contributed by atoms with E-state index in [2.05, 4.69) is 4.57 Å². The third-order valence-corrected chi connectivity index (χ3v) is 5.00. The van der Waals surface area contributed by atoms with Crippen LogP contribution in [-0.2, 0) is 11.3 Å². The molecule has 0 bridgehead atoms. The lowest BCUT2D eigenvalue weighted by atomic mass is 9.96. The summed E-state index contributed by atoms with van der Waals surface area (Å²) in [5, 5.41) is 0. The second-order valence-electron chi connectivity index (χ2n) is 8.37. The van der Waals surface area contributed by atoms with Crippen LogP contribution in [0.3, 0.4) is 0 Å². The Bertz CT molecular complexity index is 828. The molecule has 1 fully saturated rings.